The Kier molecular flexibility index (Phi) is 6.80. The molecule has 0 bridgehead atoms. The molecular weight excluding hydrogens is 503 g/mol. The van der Waals surface area contributed by atoms with Crippen LogP contribution in [-0.2, 0) is 6.42 Å². The zero-order valence-corrected chi connectivity index (χ0v) is 20.9. The Hall–Kier alpha value is -2.79. The Morgan fingerprint density at radius 2 is 1.94 bits per heavy atom. The molecule has 1 amide bonds. The number of benzene rings is 2. The van der Waals surface area contributed by atoms with Gasteiger partial charge in [-0.15, -0.1) is 10.2 Å². The highest BCUT2D eigenvalue weighted by Gasteiger charge is 2.16. The summed E-state index contributed by atoms with van der Waals surface area (Å²) in [6.07, 6.45) is 0.740. The maximum atomic E-state index is 12.6. The molecule has 12 heteroatoms. The zero-order chi connectivity index (χ0) is 23.7. The second-order valence-corrected chi connectivity index (χ2v) is 9.16. The Labute approximate surface area is 208 Å². The SMILES string of the molecule is CCc1nnc2sc(-c3ccc(C)c(NC(=S)NC(=O)c4cc(Cl)c(OC)c(Cl)c4)c3)nn12. The van der Waals surface area contributed by atoms with E-state index in [9.17, 15) is 4.79 Å². The molecule has 2 N–H and O–H groups in total. The van der Waals surface area contributed by atoms with E-state index in [1.807, 2.05) is 32.0 Å². The lowest BCUT2D eigenvalue weighted by atomic mass is 10.1. The van der Waals surface area contributed by atoms with E-state index in [1.165, 1.54) is 30.6 Å². The summed E-state index contributed by atoms with van der Waals surface area (Å²) in [6.45, 7) is 3.94. The molecule has 170 valence electrons. The van der Waals surface area contributed by atoms with Gasteiger partial charge in [0.15, 0.2) is 16.7 Å². The third-order valence-electron chi connectivity index (χ3n) is 4.80. The third-order valence-corrected chi connectivity index (χ3v) is 6.51. The quantitative estimate of drug-likeness (QED) is 0.350. The lowest BCUT2D eigenvalue weighted by Crippen LogP contribution is -2.34. The number of carbonyl (C=O) groups excluding carboxylic acids is 1. The van der Waals surface area contributed by atoms with Gasteiger partial charge < -0.3 is 10.1 Å². The number of anilines is 1. The minimum atomic E-state index is -0.450. The lowest BCUT2D eigenvalue weighted by molar-refractivity contribution is 0.0977. The number of nitrogens with zero attached hydrogens (tertiary/aromatic N) is 4. The van der Waals surface area contributed by atoms with Crippen molar-refractivity contribution in [3.05, 3.63) is 57.3 Å². The van der Waals surface area contributed by atoms with Crippen molar-refractivity contribution in [3.63, 3.8) is 0 Å². The third kappa shape index (κ3) is 4.79. The Morgan fingerprint density at radius 1 is 1.21 bits per heavy atom. The van der Waals surface area contributed by atoms with Crippen LogP contribution in [0.5, 0.6) is 5.75 Å². The standard InChI is InChI=1S/C21H18Cl2N6O2S2/c1-4-16-26-27-21-29(16)28-19(33-21)11-6-5-10(2)15(9-11)24-20(32)25-18(30)12-7-13(22)17(31-3)14(23)8-12/h5-9H,4H2,1-3H3,(H2,24,25,30,32). The highest BCUT2D eigenvalue weighted by Crippen LogP contribution is 2.34. The van der Waals surface area contributed by atoms with Crippen LogP contribution in [0.2, 0.25) is 10.0 Å². The summed E-state index contributed by atoms with van der Waals surface area (Å²) in [4.78, 5) is 13.4. The predicted octanol–water partition coefficient (Wildman–Crippen LogP) is 5.17. The minimum absolute atomic E-state index is 0.134. The Balaban J connectivity index is 1.52. The summed E-state index contributed by atoms with van der Waals surface area (Å²) in [5.74, 6) is 0.661. The fourth-order valence-electron chi connectivity index (χ4n) is 3.10. The molecular formula is C21H18Cl2N6O2S2. The average Bonchev–Trinajstić information content (AvgIpc) is 3.35. The van der Waals surface area contributed by atoms with Gasteiger partial charge in [0.05, 0.1) is 17.2 Å². The number of carbonyl (C=O) groups is 1. The van der Waals surface area contributed by atoms with E-state index in [0.717, 1.165) is 39.0 Å². The van der Waals surface area contributed by atoms with Crippen LogP contribution < -0.4 is 15.4 Å². The lowest BCUT2D eigenvalue weighted by Gasteiger charge is -2.13. The second-order valence-electron chi connectivity index (χ2n) is 6.98. The summed E-state index contributed by atoms with van der Waals surface area (Å²) in [5.41, 5.74) is 2.84. The molecule has 0 aliphatic heterocycles. The normalized spacial score (nSPS) is 10.9. The van der Waals surface area contributed by atoms with E-state index < -0.39 is 5.91 Å². The first-order valence-corrected chi connectivity index (χ1v) is 11.8. The molecule has 0 aliphatic rings. The number of rotatable bonds is 5. The van der Waals surface area contributed by atoms with Gasteiger partial charge in [0.2, 0.25) is 4.96 Å². The van der Waals surface area contributed by atoms with E-state index in [-0.39, 0.29) is 20.7 Å². The second kappa shape index (κ2) is 9.60. The first-order valence-electron chi connectivity index (χ1n) is 9.78. The first-order chi connectivity index (χ1) is 15.8. The van der Waals surface area contributed by atoms with Gasteiger partial charge in [0.25, 0.3) is 5.91 Å². The van der Waals surface area contributed by atoms with E-state index in [2.05, 4.69) is 25.9 Å². The number of hydrogen-bond acceptors (Lipinski definition) is 7. The molecule has 8 nitrogen and oxygen atoms in total. The number of amides is 1. The minimum Gasteiger partial charge on any atom is -0.494 e. The molecule has 4 rings (SSSR count). The number of aromatic nitrogens is 4. The van der Waals surface area contributed by atoms with Crippen LogP contribution in [0.1, 0.15) is 28.7 Å². The van der Waals surface area contributed by atoms with Crippen molar-refractivity contribution >= 4 is 68.4 Å². The molecule has 2 aromatic carbocycles. The summed E-state index contributed by atoms with van der Waals surface area (Å²) < 4.78 is 6.86. The number of ether oxygens (including phenoxy) is 1. The number of thiocarbonyl (C=S) groups is 1. The number of methoxy groups -OCH3 is 1. The van der Waals surface area contributed by atoms with Crippen molar-refractivity contribution in [2.45, 2.75) is 20.3 Å². The van der Waals surface area contributed by atoms with E-state index >= 15 is 0 Å². The van der Waals surface area contributed by atoms with Crippen LogP contribution >= 0.6 is 46.8 Å². The van der Waals surface area contributed by atoms with Gasteiger partial charge >= 0.3 is 0 Å². The van der Waals surface area contributed by atoms with E-state index in [1.54, 1.807) is 4.52 Å². The van der Waals surface area contributed by atoms with Crippen molar-refractivity contribution in [1.82, 2.24) is 25.1 Å². The highest BCUT2D eigenvalue weighted by molar-refractivity contribution is 7.80. The van der Waals surface area contributed by atoms with Crippen molar-refractivity contribution in [3.8, 4) is 16.3 Å². The monoisotopic (exact) mass is 520 g/mol. The average molecular weight is 521 g/mol. The van der Waals surface area contributed by atoms with Gasteiger partial charge in [-0.1, -0.05) is 53.6 Å². The molecule has 0 radical (unpaired) electrons. The molecule has 0 fully saturated rings. The maximum Gasteiger partial charge on any atom is 0.257 e. The molecule has 0 saturated heterocycles. The van der Waals surface area contributed by atoms with Gasteiger partial charge in [-0.3, -0.25) is 10.1 Å². The number of nitrogens with one attached hydrogen (secondary N) is 2. The van der Waals surface area contributed by atoms with Crippen LogP contribution in [0.3, 0.4) is 0 Å². The highest BCUT2D eigenvalue weighted by atomic mass is 35.5. The molecule has 2 aromatic heterocycles. The number of hydrogen-bond donors (Lipinski definition) is 2. The molecule has 2 heterocycles. The van der Waals surface area contributed by atoms with Crippen LogP contribution in [0, 0.1) is 6.92 Å². The summed E-state index contributed by atoms with van der Waals surface area (Å²) in [5, 5.41) is 20.0. The van der Waals surface area contributed by atoms with Crippen LogP contribution in [-0.4, -0.2) is 37.9 Å². The van der Waals surface area contributed by atoms with Crippen molar-refractivity contribution in [2.75, 3.05) is 12.4 Å². The van der Waals surface area contributed by atoms with Gasteiger partial charge in [-0.25, -0.2) is 0 Å². The largest absolute Gasteiger partial charge is 0.494 e. The van der Waals surface area contributed by atoms with Crippen molar-refractivity contribution in [1.29, 1.82) is 0 Å². The Morgan fingerprint density at radius 3 is 2.61 bits per heavy atom. The van der Waals surface area contributed by atoms with Crippen molar-refractivity contribution in [2.24, 2.45) is 0 Å². The summed E-state index contributed by atoms with van der Waals surface area (Å²) in [7, 11) is 1.45. The van der Waals surface area contributed by atoms with E-state index in [4.69, 9.17) is 40.2 Å². The zero-order valence-electron chi connectivity index (χ0n) is 17.8. The predicted molar refractivity (Wildman–Crippen MR) is 135 cm³/mol. The van der Waals surface area contributed by atoms with Crippen molar-refractivity contribution < 1.29 is 9.53 Å². The fraction of sp³-hybridized carbons (Fsp3) is 0.190. The molecule has 0 unspecified atom stereocenters. The first kappa shape index (κ1) is 23.4. The number of aryl methyl sites for hydroxylation is 2. The Bertz CT molecular complexity index is 1360. The molecule has 0 atom stereocenters. The molecule has 0 saturated carbocycles. The molecule has 4 aromatic rings. The topological polar surface area (TPSA) is 93.4 Å². The molecule has 0 aliphatic carbocycles. The van der Waals surface area contributed by atoms with Gasteiger partial charge in [-0.2, -0.15) is 9.61 Å². The maximum absolute atomic E-state index is 12.6. The van der Waals surface area contributed by atoms with Gasteiger partial charge in [0.1, 0.15) is 5.01 Å². The van der Waals surface area contributed by atoms with Crippen LogP contribution in [0.4, 0.5) is 5.69 Å². The van der Waals surface area contributed by atoms with Crippen LogP contribution in [0.15, 0.2) is 30.3 Å². The van der Waals surface area contributed by atoms with Crippen LogP contribution in [0.25, 0.3) is 15.5 Å². The summed E-state index contributed by atoms with van der Waals surface area (Å²) >= 11 is 19.1. The number of halogens is 2. The van der Waals surface area contributed by atoms with Gasteiger partial charge in [-0.05, 0) is 42.9 Å². The fourth-order valence-corrected chi connectivity index (χ4v) is 4.80. The van der Waals surface area contributed by atoms with Gasteiger partial charge in [0, 0.05) is 23.2 Å². The summed E-state index contributed by atoms with van der Waals surface area (Å²) in [6, 6.07) is 8.78. The molecule has 0 spiro atoms. The van der Waals surface area contributed by atoms with E-state index in [0.29, 0.717) is 5.75 Å². The smallest absolute Gasteiger partial charge is 0.257 e. The molecule has 33 heavy (non-hydrogen) atoms. The number of fused-ring (bicyclic) bond motifs is 1.